The Morgan fingerprint density at radius 2 is 2.04 bits per heavy atom. The lowest BCUT2D eigenvalue weighted by Gasteiger charge is -2.13. The zero-order chi connectivity index (χ0) is 18.6. The van der Waals surface area contributed by atoms with Crippen LogP contribution in [0.3, 0.4) is 0 Å². The average molecular weight is 357 g/mol. The molecule has 0 saturated heterocycles. The summed E-state index contributed by atoms with van der Waals surface area (Å²) < 4.78 is 5.33. The Bertz CT molecular complexity index is 927. The van der Waals surface area contributed by atoms with Crippen molar-refractivity contribution in [1.29, 1.82) is 5.26 Å². The predicted molar refractivity (Wildman–Crippen MR) is 92.9 cm³/mol. The fraction of sp³-hybridized carbons (Fsp3) is 0.235. The van der Waals surface area contributed by atoms with Gasteiger partial charge < -0.3 is 9.72 Å². The van der Waals surface area contributed by atoms with Gasteiger partial charge in [-0.1, -0.05) is 24.4 Å². The van der Waals surface area contributed by atoms with Gasteiger partial charge in [-0.15, -0.1) is 0 Å². The number of nitrogens with zero attached hydrogens (tertiary/aromatic N) is 2. The normalized spacial score (nSPS) is 10.1. The number of H-pyrrole nitrogens is 1. The molecule has 1 N–H and O–H groups in total. The molecule has 0 spiro atoms. The standard InChI is InChI=1S/C17H15N3O4S/c1-3-24-17(21)15-10(2)13(9-18)16(25)19-14(15)8-11-4-6-12(7-5-11)20(22)23/h4-7H,3,8H2,1-2H3,(H,19,25). The minimum Gasteiger partial charge on any atom is -0.462 e. The minimum atomic E-state index is -0.542. The largest absolute Gasteiger partial charge is 0.462 e. The van der Waals surface area contributed by atoms with E-state index >= 15 is 0 Å². The molecule has 128 valence electrons. The molecule has 0 atom stereocenters. The van der Waals surface area contributed by atoms with Crippen molar-refractivity contribution in [2.45, 2.75) is 20.3 Å². The summed E-state index contributed by atoms with van der Waals surface area (Å²) >= 11 is 5.19. The van der Waals surface area contributed by atoms with Crippen LogP contribution >= 0.6 is 12.2 Å². The lowest BCUT2D eigenvalue weighted by atomic mass is 9.98. The van der Waals surface area contributed by atoms with Gasteiger partial charge in [-0.25, -0.2) is 4.79 Å². The number of rotatable bonds is 5. The number of hydrogen-bond acceptors (Lipinski definition) is 6. The number of hydrogen-bond donors (Lipinski definition) is 1. The molecule has 8 heteroatoms. The van der Waals surface area contributed by atoms with Gasteiger partial charge in [0, 0.05) is 24.2 Å². The molecule has 0 aliphatic rings. The van der Waals surface area contributed by atoms with Crippen molar-refractivity contribution in [2.75, 3.05) is 6.61 Å². The molecule has 25 heavy (non-hydrogen) atoms. The van der Waals surface area contributed by atoms with Crippen LogP contribution in [0.1, 0.15) is 39.7 Å². The zero-order valence-corrected chi connectivity index (χ0v) is 14.5. The first-order valence-corrected chi connectivity index (χ1v) is 7.86. The average Bonchev–Trinajstić information content (AvgIpc) is 2.55. The Morgan fingerprint density at radius 3 is 2.56 bits per heavy atom. The number of nitro benzene ring substituents is 1. The predicted octanol–water partition coefficient (Wildman–Crippen LogP) is 3.60. The molecule has 2 rings (SSSR count). The highest BCUT2D eigenvalue weighted by Crippen LogP contribution is 2.22. The summed E-state index contributed by atoms with van der Waals surface area (Å²) in [5, 5.41) is 20.0. The molecular formula is C17H15N3O4S. The number of nitrogens with one attached hydrogen (secondary N) is 1. The second-order valence-electron chi connectivity index (χ2n) is 5.24. The molecule has 1 aromatic heterocycles. The van der Waals surface area contributed by atoms with Crippen LogP contribution in [0.15, 0.2) is 24.3 Å². The number of carbonyl (C=O) groups excluding carboxylic acids is 1. The lowest BCUT2D eigenvalue weighted by molar-refractivity contribution is -0.384. The maximum absolute atomic E-state index is 12.3. The van der Waals surface area contributed by atoms with Crippen LogP contribution in [-0.2, 0) is 11.2 Å². The molecule has 0 bridgehead atoms. The van der Waals surface area contributed by atoms with E-state index in [2.05, 4.69) is 4.98 Å². The number of aromatic nitrogens is 1. The first-order valence-electron chi connectivity index (χ1n) is 7.45. The van der Waals surface area contributed by atoms with Crippen LogP contribution in [0.5, 0.6) is 0 Å². The van der Waals surface area contributed by atoms with Gasteiger partial charge >= 0.3 is 5.97 Å². The van der Waals surface area contributed by atoms with Gasteiger partial charge in [0.1, 0.15) is 10.7 Å². The molecule has 1 aromatic carbocycles. The molecular weight excluding hydrogens is 342 g/mol. The summed E-state index contributed by atoms with van der Waals surface area (Å²) in [6.45, 7) is 3.54. The first-order chi connectivity index (χ1) is 11.9. The quantitative estimate of drug-likeness (QED) is 0.379. The number of pyridine rings is 1. The minimum absolute atomic E-state index is 0.0155. The topological polar surface area (TPSA) is 109 Å². The van der Waals surface area contributed by atoms with Gasteiger partial charge in [0.25, 0.3) is 5.69 Å². The SMILES string of the molecule is CCOC(=O)c1c(Cc2ccc([N+](=O)[O-])cc2)[nH]c(=S)c(C#N)c1C. The van der Waals surface area contributed by atoms with Crippen molar-refractivity contribution in [1.82, 2.24) is 4.98 Å². The van der Waals surface area contributed by atoms with Crippen molar-refractivity contribution in [3.8, 4) is 6.07 Å². The molecule has 1 heterocycles. The number of benzene rings is 1. The van der Waals surface area contributed by atoms with E-state index in [9.17, 15) is 20.2 Å². The van der Waals surface area contributed by atoms with Crippen molar-refractivity contribution >= 4 is 23.9 Å². The Balaban J connectivity index is 2.52. The van der Waals surface area contributed by atoms with E-state index in [1.165, 1.54) is 12.1 Å². The summed E-state index contributed by atoms with van der Waals surface area (Å²) in [7, 11) is 0. The summed E-state index contributed by atoms with van der Waals surface area (Å²) in [5.74, 6) is -0.542. The number of ether oxygens (including phenoxy) is 1. The molecule has 2 aromatic rings. The molecule has 0 aliphatic heterocycles. The number of nitriles is 1. The van der Waals surface area contributed by atoms with Gasteiger partial charge in [0.15, 0.2) is 0 Å². The highest BCUT2D eigenvalue weighted by molar-refractivity contribution is 7.71. The number of aromatic amines is 1. The molecule has 0 saturated carbocycles. The Morgan fingerprint density at radius 1 is 1.40 bits per heavy atom. The van der Waals surface area contributed by atoms with Crippen LogP contribution in [0.4, 0.5) is 5.69 Å². The Kier molecular flexibility index (Phi) is 5.62. The molecule has 7 nitrogen and oxygen atoms in total. The van der Waals surface area contributed by atoms with Gasteiger partial charge in [-0.05, 0) is 25.0 Å². The van der Waals surface area contributed by atoms with Crippen LogP contribution in [0.2, 0.25) is 0 Å². The molecule has 0 fully saturated rings. The van der Waals surface area contributed by atoms with E-state index in [1.807, 2.05) is 6.07 Å². The molecule has 0 radical (unpaired) electrons. The highest BCUT2D eigenvalue weighted by atomic mass is 32.1. The van der Waals surface area contributed by atoms with Gasteiger partial charge in [0.2, 0.25) is 0 Å². The fourth-order valence-corrected chi connectivity index (χ4v) is 2.79. The number of esters is 1. The monoisotopic (exact) mass is 357 g/mol. The van der Waals surface area contributed by atoms with Crippen LogP contribution < -0.4 is 0 Å². The van der Waals surface area contributed by atoms with Gasteiger partial charge in [0.05, 0.1) is 22.7 Å². The van der Waals surface area contributed by atoms with Crippen molar-refractivity contribution in [3.05, 3.63) is 67.0 Å². The third-order valence-corrected chi connectivity index (χ3v) is 3.97. The van der Waals surface area contributed by atoms with Crippen LogP contribution in [0, 0.1) is 33.0 Å². The second-order valence-corrected chi connectivity index (χ2v) is 5.65. The summed E-state index contributed by atoms with van der Waals surface area (Å²) in [6, 6.07) is 8.00. The van der Waals surface area contributed by atoms with Crippen molar-refractivity contribution in [3.63, 3.8) is 0 Å². The highest BCUT2D eigenvalue weighted by Gasteiger charge is 2.20. The Hall–Kier alpha value is -3.05. The van der Waals surface area contributed by atoms with E-state index in [4.69, 9.17) is 17.0 Å². The third-order valence-electron chi connectivity index (χ3n) is 3.66. The summed E-state index contributed by atoms with van der Waals surface area (Å²) in [6.07, 6.45) is 0.294. The van der Waals surface area contributed by atoms with E-state index in [0.29, 0.717) is 17.7 Å². The van der Waals surface area contributed by atoms with E-state index in [-0.39, 0.29) is 28.1 Å². The van der Waals surface area contributed by atoms with Gasteiger partial charge in [-0.3, -0.25) is 10.1 Å². The van der Waals surface area contributed by atoms with Crippen LogP contribution in [-0.4, -0.2) is 22.5 Å². The summed E-state index contributed by atoms with van der Waals surface area (Å²) in [4.78, 5) is 25.5. The lowest BCUT2D eigenvalue weighted by Crippen LogP contribution is -2.14. The van der Waals surface area contributed by atoms with Crippen LogP contribution in [0.25, 0.3) is 0 Å². The smallest absolute Gasteiger partial charge is 0.340 e. The van der Waals surface area contributed by atoms with Crippen molar-refractivity contribution in [2.24, 2.45) is 0 Å². The van der Waals surface area contributed by atoms with E-state index in [0.717, 1.165) is 5.56 Å². The maximum Gasteiger partial charge on any atom is 0.340 e. The second kappa shape index (κ2) is 7.68. The zero-order valence-electron chi connectivity index (χ0n) is 13.7. The summed E-state index contributed by atoms with van der Waals surface area (Å²) in [5.41, 5.74) is 2.20. The maximum atomic E-state index is 12.3. The molecule has 0 unspecified atom stereocenters. The molecule has 0 amide bonds. The fourth-order valence-electron chi connectivity index (χ4n) is 2.47. The Labute approximate surface area is 149 Å². The number of non-ortho nitro benzene ring substituents is 1. The molecule has 0 aliphatic carbocycles. The third kappa shape index (κ3) is 3.89. The number of carbonyl (C=O) groups is 1. The van der Waals surface area contributed by atoms with Gasteiger partial charge in [-0.2, -0.15) is 5.26 Å². The number of nitro groups is 1. The first kappa shape index (κ1) is 18.3. The van der Waals surface area contributed by atoms with E-state index in [1.54, 1.807) is 26.0 Å². The van der Waals surface area contributed by atoms with Crippen molar-refractivity contribution < 1.29 is 14.5 Å². The van der Waals surface area contributed by atoms with E-state index < -0.39 is 10.9 Å².